The molecule has 1 atom stereocenters. The highest BCUT2D eigenvalue weighted by Gasteiger charge is 2.16. The van der Waals surface area contributed by atoms with Gasteiger partial charge in [0.2, 0.25) is 0 Å². The largest absolute Gasteiger partial charge is 0.489 e. The molecule has 0 fully saturated rings. The third-order valence-electron chi connectivity index (χ3n) is 4.00. The normalized spacial score (nSPS) is 11.4. The number of ether oxygens (including phenoxy) is 1. The van der Waals surface area contributed by atoms with Crippen molar-refractivity contribution in [3.05, 3.63) is 83.2 Å². The molecule has 0 aliphatic rings. The second-order valence-corrected chi connectivity index (χ2v) is 6.53. The van der Waals surface area contributed by atoms with Gasteiger partial charge in [0.05, 0.1) is 23.2 Å². The number of aldehydes is 1. The number of thioether (sulfide) groups is 1. The first-order valence-corrected chi connectivity index (χ1v) is 9.50. The molecule has 0 radical (unpaired) electrons. The van der Waals surface area contributed by atoms with Gasteiger partial charge in [-0.1, -0.05) is 36.0 Å². The highest BCUT2D eigenvalue weighted by atomic mass is 32.2. The van der Waals surface area contributed by atoms with E-state index in [0.29, 0.717) is 28.8 Å². The van der Waals surface area contributed by atoms with Crippen LogP contribution in [0.5, 0.6) is 5.75 Å². The minimum absolute atomic E-state index is 0.380. The Morgan fingerprint density at radius 1 is 1.22 bits per heavy atom. The molecule has 1 heterocycles. The summed E-state index contributed by atoms with van der Waals surface area (Å²) in [5.74, 6) is 0.195. The molecular weight excluding hydrogens is 358 g/mol. The number of nitrogens with zero attached hydrogens (tertiary/aromatic N) is 3. The summed E-state index contributed by atoms with van der Waals surface area (Å²) in [4.78, 5) is 20.3. The van der Waals surface area contributed by atoms with Gasteiger partial charge in [-0.05, 0) is 47.7 Å². The third kappa shape index (κ3) is 4.72. The fourth-order valence-corrected chi connectivity index (χ4v) is 2.95. The molecule has 3 rings (SSSR count). The fourth-order valence-electron chi connectivity index (χ4n) is 2.58. The van der Waals surface area contributed by atoms with Crippen LogP contribution >= 0.6 is 11.8 Å². The molecule has 0 N–H and O–H groups in total. The van der Waals surface area contributed by atoms with E-state index < -0.39 is 5.92 Å². The summed E-state index contributed by atoms with van der Waals surface area (Å²) in [6.45, 7) is 0.380. The van der Waals surface area contributed by atoms with Crippen molar-refractivity contribution in [3.8, 4) is 11.8 Å². The average Bonchev–Trinajstić information content (AvgIpc) is 2.74. The molecule has 6 heteroatoms. The summed E-state index contributed by atoms with van der Waals surface area (Å²) in [6, 6.07) is 18.5. The van der Waals surface area contributed by atoms with E-state index >= 15 is 0 Å². The summed E-state index contributed by atoms with van der Waals surface area (Å²) in [6.07, 6.45) is 4.44. The van der Waals surface area contributed by atoms with Gasteiger partial charge in [0, 0.05) is 6.20 Å². The maximum absolute atomic E-state index is 11.7. The summed E-state index contributed by atoms with van der Waals surface area (Å²) in [5.41, 5.74) is 3.05. The van der Waals surface area contributed by atoms with Crippen molar-refractivity contribution in [1.29, 1.82) is 5.26 Å². The van der Waals surface area contributed by atoms with Crippen molar-refractivity contribution in [1.82, 2.24) is 9.97 Å². The van der Waals surface area contributed by atoms with Crippen LogP contribution in [0, 0.1) is 11.3 Å². The van der Waals surface area contributed by atoms with Crippen LogP contribution in [0.25, 0.3) is 0 Å². The van der Waals surface area contributed by atoms with E-state index in [2.05, 4.69) is 16.0 Å². The Bertz CT molecular complexity index is 968. The second-order valence-electron chi connectivity index (χ2n) is 5.75. The Balaban J connectivity index is 1.76. The van der Waals surface area contributed by atoms with Gasteiger partial charge in [-0.25, -0.2) is 9.97 Å². The van der Waals surface area contributed by atoms with Crippen LogP contribution in [0.1, 0.15) is 28.3 Å². The van der Waals surface area contributed by atoms with Gasteiger partial charge in [0.1, 0.15) is 18.6 Å². The van der Waals surface area contributed by atoms with Gasteiger partial charge >= 0.3 is 0 Å². The molecule has 27 heavy (non-hydrogen) atoms. The monoisotopic (exact) mass is 375 g/mol. The number of aromatic nitrogens is 2. The average molecular weight is 375 g/mol. The van der Waals surface area contributed by atoms with E-state index in [-0.39, 0.29) is 0 Å². The number of carbonyl (C=O) groups excluding carboxylic acids is 1. The molecule has 0 spiro atoms. The summed E-state index contributed by atoms with van der Waals surface area (Å²) in [7, 11) is 0. The lowest BCUT2D eigenvalue weighted by Gasteiger charge is -2.13. The highest BCUT2D eigenvalue weighted by Crippen LogP contribution is 2.26. The van der Waals surface area contributed by atoms with E-state index in [9.17, 15) is 4.79 Å². The van der Waals surface area contributed by atoms with Crippen molar-refractivity contribution in [2.75, 3.05) is 6.26 Å². The topological polar surface area (TPSA) is 75.9 Å². The second kappa shape index (κ2) is 8.97. The number of nitriles is 1. The molecular formula is C21H17N3O2S. The van der Waals surface area contributed by atoms with Gasteiger partial charge in [-0.3, -0.25) is 0 Å². The van der Waals surface area contributed by atoms with Gasteiger partial charge in [0.25, 0.3) is 0 Å². The van der Waals surface area contributed by atoms with Crippen LogP contribution in [0.4, 0.5) is 0 Å². The van der Waals surface area contributed by atoms with Crippen molar-refractivity contribution >= 4 is 18.0 Å². The molecule has 0 aliphatic heterocycles. The molecule has 2 aromatic carbocycles. The van der Waals surface area contributed by atoms with Gasteiger partial charge < -0.3 is 9.53 Å². The zero-order chi connectivity index (χ0) is 19.1. The number of benzene rings is 2. The minimum atomic E-state index is -0.475. The fraction of sp³-hybridized carbons (Fsp3) is 0.143. The predicted octanol–water partition coefficient (Wildman–Crippen LogP) is 3.98. The number of rotatable bonds is 7. The van der Waals surface area contributed by atoms with Crippen LogP contribution in [0.2, 0.25) is 0 Å². The lowest BCUT2D eigenvalue weighted by atomic mass is 9.97. The van der Waals surface area contributed by atoms with E-state index in [1.807, 2.05) is 42.7 Å². The Hall–Kier alpha value is -3.17. The third-order valence-corrected chi connectivity index (χ3v) is 4.56. The Morgan fingerprint density at radius 2 is 2.04 bits per heavy atom. The smallest absolute Gasteiger partial charge is 0.187 e. The van der Waals surface area contributed by atoms with Crippen LogP contribution in [-0.2, 0) is 11.4 Å². The van der Waals surface area contributed by atoms with Crippen molar-refractivity contribution in [2.24, 2.45) is 0 Å². The molecule has 0 amide bonds. The SMILES string of the molecule is CSc1nccc(C(C=O)c2cccc(OCc3ccc(C#N)cc3)c2)n1. The first-order chi connectivity index (χ1) is 13.2. The molecule has 0 saturated carbocycles. The van der Waals surface area contributed by atoms with Crippen LogP contribution in [0.3, 0.4) is 0 Å². The Labute approximate surface area is 162 Å². The van der Waals surface area contributed by atoms with E-state index in [0.717, 1.165) is 17.4 Å². The lowest BCUT2D eigenvalue weighted by molar-refractivity contribution is -0.108. The Morgan fingerprint density at radius 3 is 2.74 bits per heavy atom. The molecule has 3 aromatic rings. The highest BCUT2D eigenvalue weighted by molar-refractivity contribution is 7.98. The van der Waals surface area contributed by atoms with Crippen molar-refractivity contribution in [3.63, 3.8) is 0 Å². The number of carbonyl (C=O) groups is 1. The van der Waals surface area contributed by atoms with Crippen LogP contribution in [-0.4, -0.2) is 22.5 Å². The Kier molecular flexibility index (Phi) is 6.18. The predicted molar refractivity (Wildman–Crippen MR) is 104 cm³/mol. The van der Waals surface area contributed by atoms with Crippen LogP contribution < -0.4 is 4.74 Å². The van der Waals surface area contributed by atoms with Gasteiger partial charge in [-0.2, -0.15) is 5.26 Å². The zero-order valence-electron chi connectivity index (χ0n) is 14.7. The molecule has 5 nitrogen and oxygen atoms in total. The quantitative estimate of drug-likeness (QED) is 0.353. The van der Waals surface area contributed by atoms with E-state index in [4.69, 9.17) is 10.00 Å². The summed E-state index contributed by atoms with van der Waals surface area (Å²) >= 11 is 1.43. The zero-order valence-corrected chi connectivity index (χ0v) is 15.5. The van der Waals surface area contributed by atoms with Gasteiger partial charge in [0.15, 0.2) is 5.16 Å². The molecule has 1 unspecified atom stereocenters. The van der Waals surface area contributed by atoms with Crippen molar-refractivity contribution in [2.45, 2.75) is 17.7 Å². The van der Waals surface area contributed by atoms with Crippen LogP contribution in [0.15, 0.2) is 66.0 Å². The van der Waals surface area contributed by atoms with Gasteiger partial charge in [-0.15, -0.1) is 0 Å². The molecule has 134 valence electrons. The summed E-state index contributed by atoms with van der Waals surface area (Å²) in [5, 5.41) is 9.48. The van der Waals surface area contributed by atoms with E-state index in [1.165, 1.54) is 11.8 Å². The minimum Gasteiger partial charge on any atom is -0.489 e. The van der Waals surface area contributed by atoms with E-state index in [1.54, 1.807) is 24.4 Å². The van der Waals surface area contributed by atoms with Crippen molar-refractivity contribution < 1.29 is 9.53 Å². The molecule has 0 bridgehead atoms. The molecule has 0 aliphatic carbocycles. The molecule has 1 aromatic heterocycles. The maximum atomic E-state index is 11.7. The number of hydrogen-bond donors (Lipinski definition) is 0. The number of hydrogen-bond acceptors (Lipinski definition) is 6. The lowest BCUT2D eigenvalue weighted by Crippen LogP contribution is -2.06. The molecule has 0 saturated heterocycles. The first kappa shape index (κ1) is 18.6. The standard InChI is InChI=1S/C21H17N3O2S/c1-27-21-23-10-9-20(24-21)19(13-25)17-3-2-4-18(11-17)26-14-16-7-5-15(12-22)6-8-16/h2-11,13,19H,14H2,1H3. The summed E-state index contributed by atoms with van der Waals surface area (Å²) < 4.78 is 5.85. The first-order valence-electron chi connectivity index (χ1n) is 8.27. The maximum Gasteiger partial charge on any atom is 0.187 e.